The lowest BCUT2D eigenvalue weighted by atomic mass is 9.99. The van der Waals surface area contributed by atoms with Crippen molar-refractivity contribution < 1.29 is 4.79 Å². The van der Waals surface area contributed by atoms with E-state index in [-0.39, 0.29) is 5.91 Å². The molecule has 0 unspecified atom stereocenters. The summed E-state index contributed by atoms with van der Waals surface area (Å²) >= 11 is 1.64. The van der Waals surface area contributed by atoms with Crippen molar-refractivity contribution in [2.75, 3.05) is 5.32 Å². The number of anilines is 1. The van der Waals surface area contributed by atoms with Crippen molar-refractivity contribution in [3.8, 4) is 11.4 Å². The van der Waals surface area contributed by atoms with Gasteiger partial charge < -0.3 is 5.32 Å². The Morgan fingerprint density at radius 1 is 1.19 bits per heavy atom. The minimum atomic E-state index is -0.0322. The van der Waals surface area contributed by atoms with Crippen molar-refractivity contribution in [2.45, 2.75) is 44.4 Å². The molecule has 3 aromatic rings. The predicted octanol–water partition coefficient (Wildman–Crippen LogP) is 4.54. The number of fused-ring (bicyclic) bond motifs is 1. The third-order valence-electron chi connectivity index (χ3n) is 5.07. The molecule has 132 valence electrons. The number of nitrogens with zero attached hydrogens (tertiary/aromatic N) is 2. The number of nitrogens with one attached hydrogen (secondary N) is 2. The second-order valence-corrected chi connectivity index (χ2v) is 8.26. The van der Waals surface area contributed by atoms with Gasteiger partial charge in [0.25, 0.3) is 5.91 Å². The van der Waals surface area contributed by atoms with Gasteiger partial charge in [0, 0.05) is 22.0 Å². The van der Waals surface area contributed by atoms with Crippen LogP contribution in [0.4, 0.5) is 5.69 Å². The van der Waals surface area contributed by atoms with Crippen LogP contribution in [0.5, 0.6) is 0 Å². The van der Waals surface area contributed by atoms with E-state index in [1.54, 1.807) is 11.3 Å². The van der Waals surface area contributed by atoms with Gasteiger partial charge >= 0.3 is 0 Å². The van der Waals surface area contributed by atoms with Gasteiger partial charge in [0.15, 0.2) is 5.82 Å². The quantitative estimate of drug-likeness (QED) is 0.714. The lowest BCUT2D eigenvalue weighted by molar-refractivity contribution is 0.103. The number of carbonyl (C=O) groups is 1. The maximum atomic E-state index is 12.6. The SMILES string of the molecule is O=C(Nc1cccc(-c2n[nH]c(C3CC3)n2)c1)c1cc2c(s1)CCCC2. The minimum absolute atomic E-state index is 0.0322. The number of carbonyl (C=O) groups excluding carboxylic acids is 1. The average molecular weight is 364 g/mol. The molecule has 26 heavy (non-hydrogen) atoms. The highest BCUT2D eigenvalue weighted by atomic mass is 32.1. The van der Waals surface area contributed by atoms with Crippen molar-refractivity contribution in [3.05, 3.63) is 51.5 Å². The Balaban J connectivity index is 1.35. The van der Waals surface area contributed by atoms with Gasteiger partial charge in [-0.3, -0.25) is 9.89 Å². The predicted molar refractivity (Wildman–Crippen MR) is 103 cm³/mol. The number of aromatic amines is 1. The van der Waals surface area contributed by atoms with Crippen molar-refractivity contribution in [2.24, 2.45) is 0 Å². The van der Waals surface area contributed by atoms with Gasteiger partial charge in [0.05, 0.1) is 4.88 Å². The molecule has 0 bridgehead atoms. The molecule has 1 fully saturated rings. The van der Waals surface area contributed by atoms with Crippen molar-refractivity contribution >= 4 is 22.9 Å². The molecule has 1 aromatic carbocycles. The molecular weight excluding hydrogens is 344 g/mol. The highest BCUT2D eigenvalue weighted by molar-refractivity contribution is 7.14. The summed E-state index contributed by atoms with van der Waals surface area (Å²) in [6, 6.07) is 9.81. The molecule has 2 aliphatic rings. The van der Waals surface area contributed by atoms with E-state index in [1.807, 2.05) is 24.3 Å². The molecule has 0 spiro atoms. The van der Waals surface area contributed by atoms with E-state index in [0.717, 1.165) is 34.8 Å². The van der Waals surface area contributed by atoms with Crippen LogP contribution in [0.25, 0.3) is 11.4 Å². The second-order valence-electron chi connectivity index (χ2n) is 7.12. The van der Waals surface area contributed by atoms with Crippen LogP contribution in [-0.2, 0) is 12.8 Å². The third kappa shape index (κ3) is 3.05. The van der Waals surface area contributed by atoms with Crippen LogP contribution in [0.3, 0.4) is 0 Å². The molecule has 1 amide bonds. The zero-order chi connectivity index (χ0) is 17.5. The van der Waals surface area contributed by atoms with Crippen LogP contribution in [0.2, 0.25) is 0 Å². The fourth-order valence-corrected chi connectivity index (χ4v) is 4.62. The molecule has 0 atom stereocenters. The molecule has 2 aliphatic carbocycles. The van der Waals surface area contributed by atoms with Crippen LogP contribution in [-0.4, -0.2) is 21.1 Å². The minimum Gasteiger partial charge on any atom is -0.321 e. The fraction of sp³-hybridized carbons (Fsp3) is 0.350. The summed E-state index contributed by atoms with van der Waals surface area (Å²) in [7, 11) is 0. The number of amides is 1. The molecule has 5 nitrogen and oxygen atoms in total. The van der Waals surface area contributed by atoms with E-state index in [1.165, 1.54) is 36.1 Å². The average Bonchev–Trinajstić information content (AvgIpc) is 3.23. The van der Waals surface area contributed by atoms with Crippen molar-refractivity contribution in [3.63, 3.8) is 0 Å². The Morgan fingerprint density at radius 3 is 2.92 bits per heavy atom. The summed E-state index contributed by atoms with van der Waals surface area (Å²) in [6.45, 7) is 0. The van der Waals surface area contributed by atoms with E-state index in [4.69, 9.17) is 0 Å². The first-order chi connectivity index (χ1) is 12.8. The summed E-state index contributed by atoms with van der Waals surface area (Å²) < 4.78 is 0. The molecule has 2 N–H and O–H groups in total. The Kier molecular flexibility index (Phi) is 3.85. The molecule has 5 rings (SSSR count). The van der Waals surface area contributed by atoms with Crippen LogP contribution in [0, 0.1) is 0 Å². The number of benzene rings is 1. The monoisotopic (exact) mass is 364 g/mol. The number of hydrogen-bond donors (Lipinski definition) is 2. The smallest absolute Gasteiger partial charge is 0.265 e. The number of H-pyrrole nitrogens is 1. The number of aromatic nitrogens is 3. The Morgan fingerprint density at radius 2 is 2.08 bits per heavy atom. The van der Waals surface area contributed by atoms with Gasteiger partial charge in [0.1, 0.15) is 5.82 Å². The van der Waals surface area contributed by atoms with Gasteiger partial charge in [-0.1, -0.05) is 12.1 Å². The van der Waals surface area contributed by atoms with Gasteiger partial charge in [-0.2, -0.15) is 5.10 Å². The largest absolute Gasteiger partial charge is 0.321 e. The standard InChI is InChI=1S/C20H20N4OS/c25-20(17-11-13-4-1-2-7-16(13)26-17)21-15-6-3-5-14(10-15)19-22-18(23-24-19)12-8-9-12/h3,5-6,10-12H,1-2,4,7-9H2,(H,21,25)(H,22,23,24). The lowest BCUT2D eigenvalue weighted by Crippen LogP contribution is -2.10. The number of rotatable bonds is 4. The van der Waals surface area contributed by atoms with Gasteiger partial charge in [-0.25, -0.2) is 4.98 Å². The maximum absolute atomic E-state index is 12.6. The third-order valence-corrected chi connectivity index (χ3v) is 6.30. The van der Waals surface area contributed by atoms with Crippen LogP contribution in [0.1, 0.15) is 57.5 Å². The van der Waals surface area contributed by atoms with E-state index >= 15 is 0 Å². The normalized spacial score (nSPS) is 16.3. The van der Waals surface area contributed by atoms with Crippen LogP contribution >= 0.6 is 11.3 Å². The summed E-state index contributed by atoms with van der Waals surface area (Å²) in [5.74, 6) is 2.17. The van der Waals surface area contributed by atoms with Crippen LogP contribution < -0.4 is 5.32 Å². The maximum Gasteiger partial charge on any atom is 0.265 e. The fourth-order valence-electron chi connectivity index (χ4n) is 3.47. The highest BCUT2D eigenvalue weighted by Gasteiger charge is 2.27. The topological polar surface area (TPSA) is 70.7 Å². The highest BCUT2D eigenvalue weighted by Crippen LogP contribution is 2.38. The van der Waals surface area contributed by atoms with Gasteiger partial charge in [0.2, 0.25) is 0 Å². The summed E-state index contributed by atoms with van der Waals surface area (Å²) in [5.41, 5.74) is 3.04. The summed E-state index contributed by atoms with van der Waals surface area (Å²) in [4.78, 5) is 19.4. The first-order valence-corrected chi connectivity index (χ1v) is 10.0. The van der Waals surface area contributed by atoms with E-state index < -0.39 is 0 Å². The van der Waals surface area contributed by atoms with Crippen molar-refractivity contribution in [1.29, 1.82) is 0 Å². The van der Waals surface area contributed by atoms with Crippen molar-refractivity contribution in [1.82, 2.24) is 15.2 Å². The molecule has 2 aromatic heterocycles. The molecule has 0 saturated heterocycles. The Labute approximate surface area is 155 Å². The zero-order valence-electron chi connectivity index (χ0n) is 14.4. The van der Waals surface area contributed by atoms with Gasteiger partial charge in [-0.15, -0.1) is 11.3 Å². The van der Waals surface area contributed by atoms with Crippen LogP contribution in [0.15, 0.2) is 30.3 Å². The molecule has 1 saturated carbocycles. The molecule has 2 heterocycles. The lowest BCUT2D eigenvalue weighted by Gasteiger charge is -2.08. The molecule has 6 heteroatoms. The first-order valence-electron chi connectivity index (χ1n) is 9.22. The van der Waals surface area contributed by atoms with E-state index in [9.17, 15) is 4.79 Å². The first kappa shape index (κ1) is 15.8. The number of aryl methyl sites for hydroxylation is 2. The Bertz CT molecular complexity index is 946. The zero-order valence-corrected chi connectivity index (χ0v) is 15.2. The second kappa shape index (κ2) is 6.36. The Hall–Kier alpha value is -2.47. The summed E-state index contributed by atoms with van der Waals surface area (Å²) in [5, 5.41) is 10.4. The molecule has 0 aliphatic heterocycles. The van der Waals surface area contributed by atoms with Gasteiger partial charge in [-0.05, 0) is 62.3 Å². The number of hydrogen-bond acceptors (Lipinski definition) is 4. The number of thiophene rings is 1. The van der Waals surface area contributed by atoms with E-state index in [2.05, 4.69) is 26.6 Å². The summed E-state index contributed by atoms with van der Waals surface area (Å²) in [6.07, 6.45) is 7.05. The van der Waals surface area contributed by atoms with E-state index in [0.29, 0.717) is 11.7 Å². The molecule has 0 radical (unpaired) electrons. The molecular formula is C20H20N4OS.